The second kappa shape index (κ2) is 13.5. The molecule has 0 rings (SSSR count). The van der Waals surface area contributed by atoms with Crippen molar-refractivity contribution in [3.63, 3.8) is 0 Å². The van der Waals surface area contributed by atoms with Gasteiger partial charge in [0.25, 0.3) is 0 Å². The van der Waals surface area contributed by atoms with Crippen molar-refractivity contribution in [2.75, 3.05) is 12.3 Å². The van der Waals surface area contributed by atoms with E-state index in [0.717, 1.165) is 12.8 Å². The van der Waals surface area contributed by atoms with Gasteiger partial charge in [0.15, 0.2) is 0 Å². The Kier molecular flexibility index (Phi) is 12.9. The van der Waals surface area contributed by atoms with Gasteiger partial charge in [0, 0.05) is 19.2 Å². The molecule has 0 saturated heterocycles. The Balaban J connectivity index is 3.62. The molecule has 0 unspecified atom stereocenters. The van der Waals surface area contributed by atoms with Gasteiger partial charge in [-0.25, -0.2) is 0 Å². The molecule has 2 atom stereocenters. The third-order valence-electron chi connectivity index (χ3n) is 2.68. The molecule has 0 spiro atoms. The number of amides is 1. The van der Waals surface area contributed by atoms with Crippen LogP contribution in [-0.2, 0) is 9.59 Å². The average Bonchev–Trinajstić information content (AvgIpc) is 2.42. The molecule has 0 fully saturated rings. The molecule has 0 saturated carbocycles. The Morgan fingerprint density at radius 1 is 1.27 bits per heavy atom. The highest BCUT2D eigenvalue weighted by molar-refractivity contribution is 8.14. The van der Waals surface area contributed by atoms with Crippen LogP contribution in [-0.4, -0.2) is 45.7 Å². The molecule has 0 aromatic carbocycles. The van der Waals surface area contributed by atoms with Crippen LogP contribution in [0.15, 0.2) is 24.3 Å². The molecule has 126 valence electrons. The van der Waals surface area contributed by atoms with Crippen LogP contribution in [0, 0.1) is 0 Å². The fourth-order valence-electron chi connectivity index (χ4n) is 1.58. The third kappa shape index (κ3) is 15.3. The second-order valence-corrected chi connectivity index (χ2v) is 6.16. The number of rotatable bonds is 11. The predicted octanol–water partition coefficient (Wildman–Crippen LogP) is 1.80. The summed E-state index contributed by atoms with van der Waals surface area (Å²) < 4.78 is 0. The highest BCUT2D eigenvalue weighted by Gasteiger charge is 2.00. The molecule has 22 heavy (non-hydrogen) atoms. The summed E-state index contributed by atoms with van der Waals surface area (Å²) in [6.07, 6.45) is 8.62. The van der Waals surface area contributed by atoms with Gasteiger partial charge in [-0.2, -0.15) is 0 Å². The molecule has 3 N–H and O–H groups in total. The van der Waals surface area contributed by atoms with Gasteiger partial charge in [-0.05, 0) is 38.7 Å². The monoisotopic (exact) mass is 329 g/mol. The van der Waals surface area contributed by atoms with E-state index in [2.05, 4.69) is 5.32 Å². The van der Waals surface area contributed by atoms with Crippen molar-refractivity contribution in [2.24, 2.45) is 0 Å². The minimum Gasteiger partial charge on any atom is -0.393 e. The standard InChI is InChI=1S/C16H27NO4S/c1-13(18)7-6-9-15(20)8-4-3-5-10-16(21)22-12-11-17-14(2)19/h5-6,9-10,13,15,18,20H,3-4,7-8,11-12H2,1-2H3,(H,17,19)/b9-6+,10-5+/t13-,15+/m1/s1. The molecule has 0 aliphatic carbocycles. The molecule has 0 aromatic rings. The largest absolute Gasteiger partial charge is 0.393 e. The van der Waals surface area contributed by atoms with Crippen molar-refractivity contribution >= 4 is 22.8 Å². The number of nitrogens with one attached hydrogen (secondary N) is 1. The lowest BCUT2D eigenvalue weighted by atomic mass is 10.1. The van der Waals surface area contributed by atoms with Crippen LogP contribution in [0.5, 0.6) is 0 Å². The summed E-state index contributed by atoms with van der Waals surface area (Å²) in [5.41, 5.74) is 0. The van der Waals surface area contributed by atoms with Crippen molar-refractivity contribution < 1.29 is 19.8 Å². The zero-order valence-corrected chi connectivity index (χ0v) is 14.1. The van der Waals surface area contributed by atoms with E-state index >= 15 is 0 Å². The van der Waals surface area contributed by atoms with Crippen LogP contribution in [0.3, 0.4) is 0 Å². The number of unbranched alkanes of at least 4 members (excludes halogenated alkanes) is 1. The fraction of sp³-hybridized carbons (Fsp3) is 0.625. The SMILES string of the molecule is CC(=O)NCCSC(=O)/C=C/CCC[C@H](O)/C=C/C[C@@H](C)O. The average molecular weight is 329 g/mol. The van der Waals surface area contributed by atoms with Gasteiger partial charge in [0.05, 0.1) is 12.2 Å². The molecule has 1 amide bonds. The number of aliphatic hydroxyl groups is 2. The highest BCUT2D eigenvalue weighted by Crippen LogP contribution is 2.06. The number of hydrogen-bond donors (Lipinski definition) is 3. The lowest BCUT2D eigenvalue weighted by Gasteiger charge is -2.04. The van der Waals surface area contributed by atoms with E-state index in [9.17, 15) is 14.7 Å². The van der Waals surface area contributed by atoms with Gasteiger partial charge in [-0.15, -0.1) is 0 Å². The van der Waals surface area contributed by atoms with Gasteiger partial charge in [0.1, 0.15) is 0 Å². The van der Waals surface area contributed by atoms with Crippen molar-refractivity contribution in [1.82, 2.24) is 5.32 Å². The fourth-order valence-corrected chi connectivity index (χ4v) is 2.18. The number of carbonyl (C=O) groups excluding carboxylic acids is 2. The van der Waals surface area contributed by atoms with E-state index in [4.69, 9.17) is 5.11 Å². The highest BCUT2D eigenvalue weighted by atomic mass is 32.2. The van der Waals surface area contributed by atoms with Crippen LogP contribution in [0.1, 0.15) is 39.5 Å². The maximum Gasteiger partial charge on any atom is 0.216 e. The van der Waals surface area contributed by atoms with Crippen LogP contribution >= 0.6 is 11.8 Å². The Morgan fingerprint density at radius 2 is 2.00 bits per heavy atom. The molecule has 6 heteroatoms. The summed E-state index contributed by atoms with van der Waals surface area (Å²) >= 11 is 1.17. The predicted molar refractivity (Wildman–Crippen MR) is 90.6 cm³/mol. The zero-order chi connectivity index (χ0) is 16.8. The maximum absolute atomic E-state index is 11.5. The van der Waals surface area contributed by atoms with Gasteiger partial charge >= 0.3 is 0 Å². The van der Waals surface area contributed by atoms with Crippen LogP contribution in [0.25, 0.3) is 0 Å². The number of thioether (sulfide) groups is 1. The Bertz CT molecular complexity index is 380. The van der Waals surface area contributed by atoms with Gasteiger partial charge in [-0.3, -0.25) is 9.59 Å². The molecule has 0 aliphatic rings. The Morgan fingerprint density at radius 3 is 2.64 bits per heavy atom. The van der Waals surface area contributed by atoms with E-state index in [-0.39, 0.29) is 17.1 Å². The normalized spacial score (nSPS) is 14.4. The quantitative estimate of drug-likeness (QED) is 0.306. The molecule has 0 bridgehead atoms. The Labute approximate surface area is 136 Å². The summed E-state index contributed by atoms with van der Waals surface area (Å²) in [5.74, 6) is 0.472. The summed E-state index contributed by atoms with van der Waals surface area (Å²) in [4.78, 5) is 22.1. The summed E-state index contributed by atoms with van der Waals surface area (Å²) in [5, 5.41) is 21.3. The van der Waals surface area contributed by atoms with Crippen molar-refractivity contribution in [3.8, 4) is 0 Å². The molecular weight excluding hydrogens is 302 g/mol. The number of carbonyl (C=O) groups is 2. The van der Waals surface area contributed by atoms with Crippen LogP contribution < -0.4 is 5.32 Å². The minimum atomic E-state index is -0.505. The van der Waals surface area contributed by atoms with E-state index in [1.807, 2.05) is 0 Å². The molecule has 0 aromatic heterocycles. The van der Waals surface area contributed by atoms with Crippen molar-refractivity contribution in [3.05, 3.63) is 24.3 Å². The van der Waals surface area contributed by atoms with Gasteiger partial charge in [-0.1, -0.05) is 30.0 Å². The van der Waals surface area contributed by atoms with E-state index in [1.165, 1.54) is 24.8 Å². The van der Waals surface area contributed by atoms with Crippen molar-refractivity contribution in [1.29, 1.82) is 0 Å². The first-order valence-electron chi connectivity index (χ1n) is 7.52. The lowest BCUT2D eigenvalue weighted by Crippen LogP contribution is -2.22. The van der Waals surface area contributed by atoms with Crippen LogP contribution in [0.2, 0.25) is 0 Å². The van der Waals surface area contributed by atoms with E-state index < -0.39 is 6.10 Å². The maximum atomic E-state index is 11.5. The molecule has 0 aliphatic heterocycles. The lowest BCUT2D eigenvalue weighted by molar-refractivity contribution is -0.118. The van der Waals surface area contributed by atoms with E-state index in [0.29, 0.717) is 25.1 Å². The number of aliphatic hydroxyl groups excluding tert-OH is 2. The first-order chi connectivity index (χ1) is 10.4. The van der Waals surface area contributed by atoms with Gasteiger partial charge < -0.3 is 15.5 Å². The zero-order valence-electron chi connectivity index (χ0n) is 13.3. The molecule has 0 heterocycles. The molecule has 0 radical (unpaired) electrons. The topological polar surface area (TPSA) is 86.6 Å². The van der Waals surface area contributed by atoms with Crippen molar-refractivity contribution in [2.45, 2.75) is 51.7 Å². The minimum absolute atomic E-state index is 0.0253. The van der Waals surface area contributed by atoms with E-state index in [1.54, 1.807) is 25.2 Å². The van der Waals surface area contributed by atoms with Crippen LogP contribution in [0.4, 0.5) is 0 Å². The first-order valence-corrected chi connectivity index (χ1v) is 8.51. The smallest absolute Gasteiger partial charge is 0.216 e. The van der Waals surface area contributed by atoms with Gasteiger partial charge in [0.2, 0.25) is 11.0 Å². The molecular formula is C16H27NO4S. The summed E-state index contributed by atoms with van der Waals surface area (Å²) in [6.45, 7) is 3.64. The Hall–Kier alpha value is -1.11. The molecule has 5 nitrogen and oxygen atoms in total. The summed E-state index contributed by atoms with van der Waals surface area (Å²) in [6, 6.07) is 0. The third-order valence-corrected chi connectivity index (χ3v) is 3.51. The summed E-state index contributed by atoms with van der Waals surface area (Å²) in [7, 11) is 0. The first kappa shape index (κ1) is 20.9. The number of hydrogen-bond acceptors (Lipinski definition) is 5. The second-order valence-electron chi connectivity index (χ2n) is 5.06. The number of allylic oxidation sites excluding steroid dienone is 1.